The fraction of sp³-hybridized carbons (Fsp3) is 0.273. The van der Waals surface area contributed by atoms with Crippen molar-refractivity contribution in [2.75, 3.05) is 30.4 Å². The molecule has 2 aromatic heterocycles. The number of hydrogen-bond acceptors (Lipinski definition) is 7. The number of rotatable bonds is 5. The zero-order chi connectivity index (χ0) is 24.3. The normalized spacial score (nSPS) is 15.8. The second-order valence-electron chi connectivity index (χ2n) is 7.49. The molecule has 1 atom stereocenters. The number of carbonyl (C=O) groups excluding carboxylic acids is 2. The van der Waals surface area contributed by atoms with Gasteiger partial charge in [-0.2, -0.15) is 13.2 Å². The van der Waals surface area contributed by atoms with Crippen LogP contribution in [0.1, 0.15) is 22.7 Å². The molecule has 3 aromatic rings. The molecule has 1 aliphatic rings. The van der Waals surface area contributed by atoms with Gasteiger partial charge in [0.05, 0.1) is 25.0 Å². The number of carbonyl (C=O) groups is 2. The van der Waals surface area contributed by atoms with Gasteiger partial charge in [-0.3, -0.25) is 4.79 Å². The van der Waals surface area contributed by atoms with E-state index in [-0.39, 0.29) is 17.6 Å². The van der Waals surface area contributed by atoms with Crippen LogP contribution >= 0.6 is 0 Å². The zero-order valence-electron chi connectivity index (χ0n) is 17.9. The van der Waals surface area contributed by atoms with E-state index in [2.05, 4.69) is 25.3 Å². The summed E-state index contributed by atoms with van der Waals surface area (Å²) in [6.07, 6.45) is -3.39. The third kappa shape index (κ3) is 5.11. The number of pyridine rings is 1. The summed E-state index contributed by atoms with van der Waals surface area (Å²) < 4.78 is 49.9. The second kappa shape index (κ2) is 9.41. The Morgan fingerprint density at radius 1 is 1.18 bits per heavy atom. The van der Waals surface area contributed by atoms with Gasteiger partial charge in [0, 0.05) is 18.7 Å². The zero-order valence-corrected chi connectivity index (χ0v) is 17.9. The number of nitrogens with zero attached hydrogens (tertiary/aromatic N) is 3. The number of alkyl halides is 3. The SMILES string of the molecule is COC(=O)N[C@@H]1CCN(c2ccc(NC(=O)c3nc(-c4ccccc4)oc3C(F)(F)F)cn2)C1. The number of ether oxygens (including phenoxy) is 1. The van der Waals surface area contributed by atoms with E-state index in [4.69, 9.17) is 4.42 Å². The number of methoxy groups -OCH3 is 1. The number of halogens is 3. The van der Waals surface area contributed by atoms with Crippen LogP contribution in [0, 0.1) is 0 Å². The predicted octanol–water partition coefficient (Wildman–Crippen LogP) is 3.94. The van der Waals surface area contributed by atoms with Crippen LogP contribution in [0.3, 0.4) is 0 Å². The lowest BCUT2D eigenvalue weighted by molar-refractivity contribution is -0.153. The predicted molar refractivity (Wildman–Crippen MR) is 115 cm³/mol. The molecule has 1 aromatic carbocycles. The molecule has 1 saturated heterocycles. The molecule has 0 saturated carbocycles. The molecular formula is C22H20F3N5O4. The van der Waals surface area contributed by atoms with Crippen LogP contribution in [-0.4, -0.2) is 48.2 Å². The molecule has 3 heterocycles. The number of hydrogen-bond donors (Lipinski definition) is 2. The first-order valence-corrected chi connectivity index (χ1v) is 10.2. The van der Waals surface area contributed by atoms with E-state index >= 15 is 0 Å². The Morgan fingerprint density at radius 2 is 1.94 bits per heavy atom. The monoisotopic (exact) mass is 475 g/mol. The van der Waals surface area contributed by atoms with Gasteiger partial charge in [0.2, 0.25) is 11.7 Å². The topological polar surface area (TPSA) is 110 Å². The van der Waals surface area contributed by atoms with Crippen molar-refractivity contribution in [2.45, 2.75) is 18.6 Å². The van der Waals surface area contributed by atoms with E-state index in [0.29, 0.717) is 30.9 Å². The molecule has 12 heteroatoms. The van der Waals surface area contributed by atoms with Gasteiger partial charge in [-0.1, -0.05) is 18.2 Å². The van der Waals surface area contributed by atoms with Crippen molar-refractivity contribution in [2.24, 2.45) is 0 Å². The van der Waals surface area contributed by atoms with Gasteiger partial charge in [-0.15, -0.1) is 0 Å². The van der Waals surface area contributed by atoms with E-state index in [0.717, 1.165) is 0 Å². The van der Waals surface area contributed by atoms with Crippen LogP contribution in [0.4, 0.5) is 29.5 Å². The number of aromatic nitrogens is 2. The number of nitrogens with one attached hydrogen (secondary N) is 2. The molecule has 0 bridgehead atoms. The van der Waals surface area contributed by atoms with Crippen LogP contribution in [-0.2, 0) is 10.9 Å². The van der Waals surface area contributed by atoms with E-state index in [1.807, 2.05) is 4.90 Å². The first-order chi connectivity index (χ1) is 16.2. The lowest BCUT2D eigenvalue weighted by Crippen LogP contribution is -2.37. The molecular weight excluding hydrogens is 455 g/mol. The highest BCUT2D eigenvalue weighted by atomic mass is 19.4. The Kier molecular flexibility index (Phi) is 6.39. The Bertz CT molecular complexity index is 1170. The molecule has 0 aliphatic carbocycles. The third-order valence-corrected chi connectivity index (χ3v) is 5.15. The van der Waals surface area contributed by atoms with Gasteiger partial charge in [0.1, 0.15) is 5.82 Å². The Labute approximate surface area is 191 Å². The average Bonchev–Trinajstić information content (AvgIpc) is 3.48. The summed E-state index contributed by atoms with van der Waals surface area (Å²) in [5.74, 6) is -2.27. The second-order valence-corrected chi connectivity index (χ2v) is 7.49. The van der Waals surface area contributed by atoms with E-state index in [9.17, 15) is 22.8 Å². The summed E-state index contributed by atoms with van der Waals surface area (Å²) in [5, 5.41) is 5.10. The standard InChI is InChI=1S/C22H20F3N5O4/c1-33-21(32)28-15-9-10-30(12-15)16-8-7-14(11-26-16)27-19(31)17-18(22(23,24)25)34-20(29-17)13-5-3-2-4-6-13/h2-8,11,15H,9-10,12H2,1H3,(H,27,31)(H,28,32)/t15-/m1/s1. The lowest BCUT2D eigenvalue weighted by atomic mass is 10.2. The van der Waals surface area contributed by atoms with Crippen LogP contribution in [0.5, 0.6) is 0 Å². The Balaban J connectivity index is 1.47. The van der Waals surface area contributed by atoms with Crippen molar-refractivity contribution in [1.82, 2.24) is 15.3 Å². The first kappa shape index (κ1) is 23.1. The van der Waals surface area contributed by atoms with Gasteiger partial charge in [0.15, 0.2) is 5.69 Å². The van der Waals surface area contributed by atoms with E-state index < -0.39 is 29.6 Å². The molecule has 178 valence electrons. The van der Waals surface area contributed by atoms with Gasteiger partial charge in [0.25, 0.3) is 5.91 Å². The highest BCUT2D eigenvalue weighted by Crippen LogP contribution is 2.35. The largest absolute Gasteiger partial charge is 0.453 e. The number of benzene rings is 1. The molecule has 2 amide bonds. The van der Waals surface area contributed by atoms with Gasteiger partial charge in [-0.05, 0) is 30.7 Å². The summed E-state index contributed by atoms with van der Waals surface area (Å²) in [7, 11) is 1.29. The summed E-state index contributed by atoms with van der Waals surface area (Å²) in [6.45, 7) is 1.16. The number of amides is 2. The molecule has 4 rings (SSSR count). The van der Waals surface area contributed by atoms with E-state index in [1.165, 1.54) is 31.5 Å². The quantitative estimate of drug-likeness (QED) is 0.575. The molecule has 2 N–H and O–H groups in total. The molecule has 1 aliphatic heterocycles. The smallest absolute Gasteiger partial charge is 0.452 e. The summed E-state index contributed by atoms with van der Waals surface area (Å²) in [5.41, 5.74) is -0.370. The maximum Gasteiger partial charge on any atom is 0.452 e. The van der Waals surface area contributed by atoms with Crippen molar-refractivity contribution < 1.29 is 31.9 Å². The van der Waals surface area contributed by atoms with Crippen molar-refractivity contribution in [1.29, 1.82) is 0 Å². The highest BCUT2D eigenvalue weighted by molar-refractivity contribution is 6.04. The average molecular weight is 475 g/mol. The Hall–Kier alpha value is -4.09. The summed E-state index contributed by atoms with van der Waals surface area (Å²) >= 11 is 0. The van der Waals surface area contributed by atoms with Crippen molar-refractivity contribution in [3.8, 4) is 11.5 Å². The summed E-state index contributed by atoms with van der Waals surface area (Å²) in [4.78, 5) is 34.0. The minimum absolute atomic E-state index is 0.0969. The Morgan fingerprint density at radius 3 is 2.59 bits per heavy atom. The number of anilines is 2. The third-order valence-electron chi connectivity index (χ3n) is 5.15. The maximum absolute atomic E-state index is 13.5. The van der Waals surface area contributed by atoms with Gasteiger partial charge >= 0.3 is 12.3 Å². The van der Waals surface area contributed by atoms with Crippen molar-refractivity contribution >= 4 is 23.5 Å². The highest BCUT2D eigenvalue weighted by Gasteiger charge is 2.42. The van der Waals surface area contributed by atoms with Crippen molar-refractivity contribution in [3.05, 3.63) is 60.1 Å². The van der Waals surface area contributed by atoms with E-state index in [1.54, 1.807) is 24.3 Å². The van der Waals surface area contributed by atoms with Gasteiger partial charge in [-0.25, -0.2) is 14.8 Å². The fourth-order valence-electron chi connectivity index (χ4n) is 3.52. The van der Waals surface area contributed by atoms with Gasteiger partial charge < -0.3 is 24.7 Å². The van der Waals surface area contributed by atoms with Crippen LogP contribution in [0.25, 0.3) is 11.5 Å². The minimum atomic E-state index is -4.90. The molecule has 34 heavy (non-hydrogen) atoms. The molecule has 0 unspecified atom stereocenters. The number of alkyl carbamates (subject to hydrolysis) is 1. The fourth-order valence-corrected chi connectivity index (χ4v) is 3.52. The molecule has 1 fully saturated rings. The van der Waals surface area contributed by atoms with Crippen LogP contribution in [0.2, 0.25) is 0 Å². The lowest BCUT2D eigenvalue weighted by Gasteiger charge is -2.18. The molecule has 0 spiro atoms. The van der Waals surface area contributed by atoms with Crippen molar-refractivity contribution in [3.63, 3.8) is 0 Å². The van der Waals surface area contributed by atoms with Crippen LogP contribution < -0.4 is 15.5 Å². The number of oxazole rings is 1. The minimum Gasteiger partial charge on any atom is -0.453 e. The van der Waals surface area contributed by atoms with Crippen LogP contribution in [0.15, 0.2) is 53.1 Å². The molecule has 9 nitrogen and oxygen atoms in total. The maximum atomic E-state index is 13.5. The first-order valence-electron chi connectivity index (χ1n) is 10.2. The summed E-state index contributed by atoms with van der Waals surface area (Å²) in [6, 6.07) is 11.0. The molecule has 0 radical (unpaired) electrons.